The van der Waals surface area contributed by atoms with Crippen LogP contribution in [0.1, 0.15) is 56.2 Å². The maximum Gasteiger partial charge on any atom is 0.230 e. The second kappa shape index (κ2) is 4.09. The second-order valence-corrected chi connectivity index (χ2v) is 4.11. The molecule has 0 aliphatic heterocycles. The first-order chi connectivity index (χ1) is 6.81. The molecule has 1 aromatic rings. The molecule has 0 bridgehead atoms. The maximum atomic E-state index is 5.54. The molecular formula is C10H17N3O. The van der Waals surface area contributed by atoms with E-state index in [0.717, 1.165) is 5.82 Å². The topological polar surface area (TPSA) is 64.9 Å². The van der Waals surface area contributed by atoms with Crippen molar-refractivity contribution in [3.05, 3.63) is 11.7 Å². The lowest BCUT2D eigenvalue weighted by Crippen LogP contribution is -2.09. The Kier molecular flexibility index (Phi) is 2.82. The molecule has 14 heavy (non-hydrogen) atoms. The summed E-state index contributed by atoms with van der Waals surface area (Å²) in [5.41, 5.74) is 5.54. The molecule has 4 nitrogen and oxygen atoms in total. The van der Waals surface area contributed by atoms with Gasteiger partial charge in [-0.1, -0.05) is 24.9 Å². The number of hydrogen-bond donors (Lipinski definition) is 1. The van der Waals surface area contributed by atoms with Crippen LogP contribution >= 0.6 is 0 Å². The fourth-order valence-electron chi connectivity index (χ4n) is 1.90. The normalized spacial score (nSPS) is 20.1. The van der Waals surface area contributed by atoms with Crippen LogP contribution in [-0.4, -0.2) is 16.7 Å². The molecule has 0 saturated heterocycles. The number of aromatic nitrogens is 2. The van der Waals surface area contributed by atoms with Crippen LogP contribution in [0, 0.1) is 0 Å². The number of rotatable bonds is 3. The molecule has 1 heterocycles. The van der Waals surface area contributed by atoms with Crippen molar-refractivity contribution in [2.24, 2.45) is 5.73 Å². The van der Waals surface area contributed by atoms with Gasteiger partial charge in [0.05, 0.1) is 0 Å². The average Bonchev–Trinajstić information content (AvgIpc) is 2.86. The summed E-state index contributed by atoms with van der Waals surface area (Å²) in [4.78, 5) is 4.41. The van der Waals surface area contributed by atoms with Gasteiger partial charge in [0.1, 0.15) is 0 Å². The first kappa shape index (κ1) is 9.65. The summed E-state index contributed by atoms with van der Waals surface area (Å²) in [6, 6.07) is 0. The molecule has 0 radical (unpaired) electrons. The molecule has 1 unspecified atom stereocenters. The van der Waals surface area contributed by atoms with E-state index in [1.165, 1.54) is 25.7 Å². The molecule has 1 aliphatic carbocycles. The Hall–Kier alpha value is -0.900. The van der Waals surface area contributed by atoms with E-state index in [-0.39, 0.29) is 5.92 Å². The largest absolute Gasteiger partial charge is 0.339 e. The number of nitrogens with two attached hydrogens (primary N) is 1. The van der Waals surface area contributed by atoms with Crippen LogP contribution in [-0.2, 0) is 0 Å². The summed E-state index contributed by atoms with van der Waals surface area (Å²) >= 11 is 0. The summed E-state index contributed by atoms with van der Waals surface area (Å²) in [6.07, 6.45) is 4.99. The predicted octanol–water partition coefficient (Wildman–Crippen LogP) is 1.79. The van der Waals surface area contributed by atoms with E-state index in [4.69, 9.17) is 10.3 Å². The van der Waals surface area contributed by atoms with Crippen LogP contribution in [0.5, 0.6) is 0 Å². The molecule has 1 atom stereocenters. The van der Waals surface area contributed by atoms with E-state index in [0.29, 0.717) is 18.4 Å². The highest BCUT2D eigenvalue weighted by Crippen LogP contribution is 2.32. The Balaban J connectivity index is 2.08. The van der Waals surface area contributed by atoms with Crippen LogP contribution in [0.25, 0.3) is 0 Å². The van der Waals surface area contributed by atoms with Crippen molar-refractivity contribution in [1.82, 2.24) is 10.1 Å². The molecule has 0 spiro atoms. The van der Waals surface area contributed by atoms with Crippen LogP contribution < -0.4 is 5.73 Å². The zero-order chi connectivity index (χ0) is 9.97. The van der Waals surface area contributed by atoms with Crippen LogP contribution in [0.3, 0.4) is 0 Å². The van der Waals surface area contributed by atoms with Crippen LogP contribution in [0.2, 0.25) is 0 Å². The van der Waals surface area contributed by atoms with Crippen molar-refractivity contribution in [1.29, 1.82) is 0 Å². The van der Waals surface area contributed by atoms with Crippen molar-refractivity contribution in [2.75, 3.05) is 6.54 Å². The molecular weight excluding hydrogens is 178 g/mol. The van der Waals surface area contributed by atoms with Crippen LogP contribution in [0.15, 0.2) is 4.52 Å². The monoisotopic (exact) mass is 195 g/mol. The minimum Gasteiger partial charge on any atom is -0.339 e. The second-order valence-electron chi connectivity index (χ2n) is 4.11. The van der Waals surface area contributed by atoms with Gasteiger partial charge in [-0.25, -0.2) is 0 Å². The third-order valence-electron chi connectivity index (χ3n) is 2.95. The minimum atomic E-state index is 0.178. The van der Waals surface area contributed by atoms with Gasteiger partial charge in [-0.05, 0) is 12.8 Å². The summed E-state index contributed by atoms with van der Waals surface area (Å²) in [6.45, 7) is 2.57. The first-order valence-electron chi connectivity index (χ1n) is 5.35. The molecule has 0 amide bonds. The quantitative estimate of drug-likeness (QED) is 0.798. The molecule has 1 aromatic heterocycles. The fraction of sp³-hybridized carbons (Fsp3) is 0.800. The van der Waals surface area contributed by atoms with Gasteiger partial charge < -0.3 is 10.3 Å². The lowest BCUT2D eigenvalue weighted by molar-refractivity contribution is 0.354. The van der Waals surface area contributed by atoms with E-state index in [1.54, 1.807) is 0 Å². The van der Waals surface area contributed by atoms with Gasteiger partial charge in [0.15, 0.2) is 5.82 Å². The molecule has 1 aliphatic rings. The van der Waals surface area contributed by atoms with E-state index in [2.05, 4.69) is 10.1 Å². The van der Waals surface area contributed by atoms with Crippen molar-refractivity contribution < 1.29 is 4.52 Å². The fourth-order valence-corrected chi connectivity index (χ4v) is 1.90. The summed E-state index contributed by atoms with van der Waals surface area (Å²) in [5.74, 6) is 2.28. The van der Waals surface area contributed by atoms with E-state index in [9.17, 15) is 0 Å². The van der Waals surface area contributed by atoms with Crippen molar-refractivity contribution in [3.8, 4) is 0 Å². The highest BCUT2D eigenvalue weighted by molar-refractivity contribution is 5.00. The SMILES string of the molecule is CC(CN)c1nc(C2CCCC2)no1. The Labute approximate surface area is 83.9 Å². The van der Waals surface area contributed by atoms with Crippen molar-refractivity contribution in [2.45, 2.75) is 44.4 Å². The smallest absolute Gasteiger partial charge is 0.230 e. The third-order valence-corrected chi connectivity index (χ3v) is 2.95. The van der Waals surface area contributed by atoms with Gasteiger partial charge in [-0.3, -0.25) is 0 Å². The van der Waals surface area contributed by atoms with Gasteiger partial charge in [-0.15, -0.1) is 0 Å². The summed E-state index contributed by atoms with van der Waals surface area (Å²) in [7, 11) is 0. The van der Waals surface area contributed by atoms with Gasteiger partial charge in [-0.2, -0.15) is 4.98 Å². The van der Waals surface area contributed by atoms with Crippen molar-refractivity contribution >= 4 is 0 Å². The standard InChI is InChI=1S/C10H17N3O/c1-7(6-11)10-12-9(13-14-10)8-4-2-3-5-8/h7-8H,2-6,11H2,1H3. The van der Waals surface area contributed by atoms with Gasteiger partial charge in [0, 0.05) is 18.4 Å². The molecule has 78 valence electrons. The van der Waals surface area contributed by atoms with Gasteiger partial charge in [0.25, 0.3) is 0 Å². The lowest BCUT2D eigenvalue weighted by Gasteiger charge is -2.01. The van der Waals surface area contributed by atoms with E-state index in [1.807, 2.05) is 6.92 Å². The number of hydrogen-bond acceptors (Lipinski definition) is 4. The highest BCUT2D eigenvalue weighted by atomic mass is 16.5. The lowest BCUT2D eigenvalue weighted by atomic mass is 10.1. The first-order valence-corrected chi connectivity index (χ1v) is 5.35. The molecule has 2 N–H and O–H groups in total. The molecule has 1 saturated carbocycles. The zero-order valence-corrected chi connectivity index (χ0v) is 8.57. The van der Waals surface area contributed by atoms with Gasteiger partial charge in [0.2, 0.25) is 5.89 Å². The molecule has 0 aromatic carbocycles. The van der Waals surface area contributed by atoms with E-state index < -0.39 is 0 Å². The number of nitrogens with zero attached hydrogens (tertiary/aromatic N) is 2. The van der Waals surface area contributed by atoms with Gasteiger partial charge >= 0.3 is 0 Å². The van der Waals surface area contributed by atoms with Crippen molar-refractivity contribution in [3.63, 3.8) is 0 Å². The zero-order valence-electron chi connectivity index (χ0n) is 8.57. The van der Waals surface area contributed by atoms with Crippen LogP contribution in [0.4, 0.5) is 0 Å². The summed E-state index contributed by atoms with van der Waals surface area (Å²) < 4.78 is 5.19. The highest BCUT2D eigenvalue weighted by Gasteiger charge is 2.23. The Morgan fingerprint density at radius 1 is 1.50 bits per heavy atom. The minimum absolute atomic E-state index is 0.178. The molecule has 1 fully saturated rings. The summed E-state index contributed by atoms with van der Waals surface area (Å²) in [5, 5.41) is 4.03. The van der Waals surface area contributed by atoms with E-state index >= 15 is 0 Å². The molecule has 4 heteroatoms. The third kappa shape index (κ3) is 1.80. The Bertz CT molecular complexity index is 291. The average molecular weight is 195 g/mol. The predicted molar refractivity (Wildman–Crippen MR) is 53.0 cm³/mol. The molecule has 2 rings (SSSR count). The maximum absolute atomic E-state index is 5.54. The Morgan fingerprint density at radius 2 is 2.21 bits per heavy atom. The Morgan fingerprint density at radius 3 is 2.86 bits per heavy atom.